The van der Waals surface area contributed by atoms with Crippen molar-refractivity contribution in [2.75, 3.05) is 57.9 Å². The molecule has 3 fully saturated rings. The Hall–Kier alpha value is -1.09. The predicted molar refractivity (Wildman–Crippen MR) is 178 cm³/mol. The lowest BCUT2D eigenvalue weighted by atomic mass is 10.00. The molecule has 1 aromatic rings. The summed E-state index contributed by atoms with van der Waals surface area (Å²) < 4.78 is 5.17. The fourth-order valence-electron chi connectivity index (χ4n) is 5.75. The summed E-state index contributed by atoms with van der Waals surface area (Å²) in [5, 5.41) is 13.3. The van der Waals surface area contributed by atoms with Gasteiger partial charge < -0.3 is 25.0 Å². The van der Waals surface area contributed by atoms with Crippen LogP contribution in [-0.4, -0.2) is 104 Å². The molecule has 0 aromatic heterocycles. The highest BCUT2D eigenvalue weighted by molar-refractivity contribution is 7.59. The number of benzene rings is 1. The number of ketones is 1. The Kier molecular flexibility index (Phi) is 17.3. The van der Waals surface area contributed by atoms with Crippen LogP contribution in [0.3, 0.4) is 0 Å². The lowest BCUT2D eigenvalue weighted by molar-refractivity contribution is -0.139. The monoisotopic (exact) mass is 636 g/mol. The van der Waals surface area contributed by atoms with Gasteiger partial charge in [-0.05, 0) is 43.0 Å². The van der Waals surface area contributed by atoms with E-state index in [2.05, 4.69) is 15.1 Å². The van der Waals surface area contributed by atoms with Crippen LogP contribution in [0.25, 0.3) is 0 Å². The van der Waals surface area contributed by atoms with Crippen molar-refractivity contribution in [3.05, 3.63) is 29.8 Å². The number of piperazine rings is 1. The Morgan fingerprint density at radius 3 is 2.25 bits per heavy atom. The Labute approximate surface area is 266 Å². The molecule has 9 nitrogen and oxygen atoms in total. The summed E-state index contributed by atoms with van der Waals surface area (Å²) in [6.45, 7) is 9.60. The molecular weight excluding hydrogens is 589 g/mol. The highest BCUT2D eigenvalue weighted by Crippen LogP contribution is 2.36. The Bertz CT molecular complexity index is 947. The first-order valence-electron chi connectivity index (χ1n) is 13.2. The number of aliphatic hydroxyl groups excluding tert-OH is 1. The maximum absolute atomic E-state index is 13.5. The topological polar surface area (TPSA) is 102 Å². The first kappa shape index (κ1) is 38.9. The number of β-amino-alcohol motifs (C(OH)–C–C–N with tert-alkyl or cyclic N) is 1. The summed E-state index contributed by atoms with van der Waals surface area (Å²) in [7, 11) is 1.72. The molecule has 1 aliphatic carbocycles. The largest absolute Gasteiger partial charge is 0.391 e. The van der Waals surface area contributed by atoms with Crippen LogP contribution in [0.2, 0.25) is 0 Å². The molecule has 2 N–H and O–H groups in total. The Morgan fingerprint density at radius 2 is 1.68 bits per heavy atom. The highest BCUT2D eigenvalue weighted by atomic mass is 32.1. The molecule has 3 aliphatic rings. The average molecular weight is 637 g/mol. The normalized spacial score (nSPS) is 22.8. The standard InChI is InChI=1S/C27H40N4O5.4H2S/c1-18(2)16-22(27(35)31-17-24(33)21-8-9-23(32)25(21)31)28-26(34)19-4-6-20(7-5-19)30-12-10-29(11-13-30)14-15-36-3;;;;/h4-7,18,21-22,24-25,33H,8-17H2,1-3H3,(H,28,34);4*1H2/t21-,22+,24+,25+;;;;/m1..../s1. The summed E-state index contributed by atoms with van der Waals surface area (Å²) >= 11 is 0. The summed E-state index contributed by atoms with van der Waals surface area (Å²) in [5.41, 5.74) is 1.57. The molecule has 0 spiro atoms. The van der Waals surface area contributed by atoms with Crippen molar-refractivity contribution >= 4 is 77.3 Å². The second-order valence-corrected chi connectivity index (χ2v) is 10.7. The zero-order valence-electron chi connectivity index (χ0n) is 23.7. The molecule has 4 rings (SSSR count). The van der Waals surface area contributed by atoms with Gasteiger partial charge in [-0.3, -0.25) is 19.3 Å². The molecule has 0 unspecified atom stereocenters. The number of hydrogen-bond acceptors (Lipinski definition) is 7. The number of rotatable bonds is 9. The number of hydrogen-bond donors (Lipinski definition) is 2. The number of methoxy groups -OCH3 is 1. The third-order valence-electron chi connectivity index (χ3n) is 7.75. The van der Waals surface area contributed by atoms with Gasteiger partial charge >= 0.3 is 0 Å². The van der Waals surface area contributed by atoms with Crippen LogP contribution < -0.4 is 10.2 Å². The van der Waals surface area contributed by atoms with Crippen molar-refractivity contribution in [3.63, 3.8) is 0 Å². The van der Waals surface area contributed by atoms with Crippen LogP contribution >= 0.6 is 54.0 Å². The van der Waals surface area contributed by atoms with E-state index in [9.17, 15) is 19.5 Å². The average Bonchev–Trinajstić information content (AvgIpc) is 3.42. The molecule has 2 aliphatic heterocycles. The van der Waals surface area contributed by atoms with Crippen LogP contribution in [0.15, 0.2) is 24.3 Å². The maximum atomic E-state index is 13.5. The minimum atomic E-state index is -0.739. The summed E-state index contributed by atoms with van der Waals surface area (Å²) in [6.07, 6.45) is 0.791. The lowest BCUT2D eigenvalue weighted by Gasteiger charge is -2.36. The molecule has 2 heterocycles. The third kappa shape index (κ3) is 9.20. The van der Waals surface area contributed by atoms with E-state index in [4.69, 9.17) is 4.74 Å². The van der Waals surface area contributed by atoms with Crippen molar-refractivity contribution in [2.24, 2.45) is 11.8 Å². The number of amides is 2. The van der Waals surface area contributed by atoms with Gasteiger partial charge in [0.1, 0.15) is 6.04 Å². The number of fused-ring (bicyclic) bond motifs is 1. The maximum Gasteiger partial charge on any atom is 0.251 e. The van der Waals surface area contributed by atoms with Crippen LogP contribution in [0.1, 0.15) is 43.5 Å². The van der Waals surface area contributed by atoms with E-state index in [1.54, 1.807) is 19.2 Å². The van der Waals surface area contributed by atoms with Gasteiger partial charge in [0.2, 0.25) is 5.91 Å². The van der Waals surface area contributed by atoms with Crippen LogP contribution in [0, 0.1) is 11.8 Å². The minimum Gasteiger partial charge on any atom is -0.391 e. The first-order valence-corrected chi connectivity index (χ1v) is 13.2. The van der Waals surface area contributed by atoms with Gasteiger partial charge in [-0.2, -0.15) is 54.0 Å². The van der Waals surface area contributed by atoms with Crippen molar-refractivity contribution < 1.29 is 24.2 Å². The van der Waals surface area contributed by atoms with Gasteiger partial charge in [-0.1, -0.05) is 13.8 Å². The number of aliphatic hydroxyl groups is 1. The van der Waals surface area contributed by atoms with Gasteiger partial charge in [0.05, 0.1) is 18.8 Å². The SMILES string of the molecule is COCCN1CCN(c2ccc(C(=O)N[C@@H](CC(C)C)C(=O)N3C[C@H](O)[C@H]4CCC(=O)[C@H]43)cc2)CC1.S.S.S.S. The second-order valence-electron chi connectivity index (χ2n) is 10.7. The molecule has 2 amide bonds. The van der Waals surface area contributed by atoms with Gasteiger partial charge in [-0.15, -0.1) is 0 Å². The molecule has 1 saturated carbocycles. The van der Waals surface area contributed by atoms with Crippen LogP contribution in [-0.2, 0) is 14.3 Å². The van der Waals surface area contributed by atoms with Gasteiger partial charge in [0.15, 0.2) is 5.78 Å². The second kappa shape index (κ2) is 17.8. The van der Waals surface area contributed by atoms with Crippen molar-refractivity contribution in [3.8, 4) is 0 Å². The minimum absolute atomic E-state index is 0. The fourth-order valence-corrected chi connectivity index (χ4v) is 5.75. The van der Waals surface area contributed by atoms with E-state index in [1.165, 1.54) is 4.90 Å². The number of likely N-dealkylation sites (tertiary alicyclic amines) is 1. The zero-order valence-corrected chi connectivity index (χ0v) is 27.7. The molecule has 40 heavy (non-hydrogen) atoms. The molecule has 0 bridgehead atoms. The quantitative estimate of drug-likeness (QED) is 0.425. The highest BCUT2D eigenvalue weighted by Gasteiger charge is 2.51. The van der Waals surface area contributed by atoms with E-state index in [-0.39, 0.29) is 90.0 Å². The van der Waals surface area contributed by atoms with Crippen molar-refractivity contribution in [1.29, 1.82) is 0 Å². The third-order valence-corrected chi connectivity index (χ3v) is 7.75. The Morgan fingerprint density at radius 1 is 1.05 bits per heavy atom. The van der Waals surface area contributed by atoms with E-state index in [1.807, 2.05) is 26.0 Å². The number of anilines is 1. The molecule has 230 valence electrons. The first-order chi connectivity index (χ1) is 17.3. The predicted octanol–water partition coefficient (Wildman–Crippen LogP) is 1.60. The van der Waals surface area contributed by atoms with Gasteiger partial charge in [0, 0.05) is 70.0 Å². The zero-order chi connectivity index (χ0) is 25.8. The van der Waals surface area contributed by atoms with Gasteiger partial charge in [0.25, 0.3) is 5.91 Å². The summed E-state index contributed by atoms with van der Waals surface area (Å²) in [5.74, 6) is -0.589. The van der Waals surface area contributed by atoms with Gasteiger partial charge in [-0.25, -0.2) is 0 Å². The molecule has 0 radical (unpaired) electrons. The molecular formula is C27H48N4O5S4. The van der Waals surface area contributed by atoms with E-state index in [0.29, 0.717) is 24.8 Å². The number of ether oxygens (including phenoxy) is 1. The van der Waals surface area contributed by atoms with Crippen molar-refractivity contribution in [1.82, 2.24) is 15.1 Å². The lowest BCUT2D eigenvalue weighted by Crippen LogP contribution is -2.52. The van der Waals surface area contributed by atoms with E-state index in [0.717, 1.165) is 45.0 Å². The fraction of sp³-hybridized carbons (Fsp3) is 0.667. The summed E-state index contributed by atoms with van der Waals surface area (Å²) in [4.78, 5) is 45.2. The van der Waals surface area contributed by atoms with Crippen LogP contribution in [0.4, 0.5) is 5.69 Å². The molecule has 4 atom stereocenters. The number of nitrogens with one attached hydrogen (secondary N) is 1. The molecule has 2 saturated heterocycles. The van der Waals surface area contributed by atoms with Crippen LogP contribution in [0.5, 0.6) is 0 Å². The number of carbonyl (C=O) groups is 3. The number of nitrogens with zero attached hydrogens (tertiary/aromatic N) is 3. The Balaban J connectivity index is 0.00000380. The summed E-state index contributed by atoms with van der Waals surface area (Å²) in [6, 6.07) is 6.21. The van der Waals surface area contributed by atoms with Crippen molar-refractivity contribution in [2.45, 2.75) is 51.3 Å². The molecule has 13 heteroatoms. The van der Waals surface area contributed by atoms with E-state index >= 15 is 0 Å². The number of Topliss-reactive ketones (excluding diaryl/α,β-unsaturated/α-hetero) is 1. The molecule has 1 aromatic carbocycles. The van der Waals surface area contributed by atoms with E-state index < -0.39 is 18.2 Å². The number of carbonyl (C=O) groups excluding carboxylic acids is 3. The smallest absolute Gasteiger partial charge is 0.251 e.